The number of hydrogen-bond donors (Lipinski definition) is 3. The highest BCUT2D eigenvalue weighted by atomic mass is 16.6. The molecule has 4 N–H and O–H groups in total. The lowest BCUT2D eigenvalue weighted by Crippen LogP contribution is -2.10. The first kappa shape index (κ1) is 14.2. The summed E-state index contributed by atoms with van der Waals surface area (Å²) in [5.74, 6) is -0.183. The van der Waals surface area contributed by atoms with Gasteiger partial charge in [-0.25, -0.2) is 0 Å². The molecule has 0 unspecified atom stereocenters. The van der Waals surface area contributed by atoms with E-state index < -0.39 is 4.92 Å². The third-order valence-electron chi connectivity index (χ3n) is 2.73. The number of phenols is 1. The number of aliphatic imine (C=N–C) groups is 1. The van der Waals surface area contributed by atoms with Crippen molar-refractivity contribution in [3.05, 3.63) is 63.7 Å². The molecular formula is C14H12N4O3. The second-order valence-corrected chi connectivity index (χ2v) is 4.22. The largest absolute Gasteiger partial charge is 0.507 e. The molecule has 0 atom stereocenters. The topological polar surface area (TPSA) is 126 Å². The van der Waals surface area contributed by atoms with Crippen LogP contribution in [0.25, 0.3) is 0 Å². The normalized spacial score (nSPS) is 10.7. The molecule has 0 aliphatic rings. The van der Waals surface area contributed by atoms with Crippen LogP contribution >= 0.6 is 0 Å². The number of nitrogens with one attached hydrogen (secondary N) is 1. The Morgan fingerprint density at radius 2 is 2.10 bits per heavy atom. The summed E-state index contributed by atoms with van der Waals surface area (Å²) < 4.78 is 0. The molecule has 2 aromatic carbocycles. The van der Waals surface area contributed by atoms with E-state index in [1.807, 2.05) is 0 Å². The molecule has 0 heterocycles. The zero-order valence-corrected chi connectivity index (χ0v) is 10.9. The van der Waals surface area contributed by atoms with Gasteiger partial charge in [-0.3, -0.25) is 20.5 Å². The molecule has 0 aliphatic heterocycles. The molecule has 0 aliphatic carbocycles. The molecule has 2 rings (SSSR count). The molecular weight excluding hydrogens is 272 g/mol. The van der Waals surface area contributed by atoms with E-state index in [0.717, 1.165) is 0 Å². The first-order valence-corrected chi connectivity index (χ1v) is 5.93. The SMILES string of the molecule is N=C(N)c1cccc(N=Cc2cc([N+](=O)[O-])ccc2O)c1. The number of nitrogens with zero attached hydrogens (tertiary/aromatic N) is 2. The predicted octanol–water partition coefficient (Wildman–Crippen LogP) is 2.34. The number of nitro groups is 1. The molecule has 0 saturated carbocycles. The van der Waals surface area contributed by atoms with Crippen LogP contribution in [0.1, 0.15) is 11.1 Å². The zero-order valence-electron chi connectivity index (χ0n) is 10.9. The van der Waals surface area contributed by atoms with Crippen molar-refractivity contribution in [2.75, 3.05) is 0 Å². The van der Waals surface area contributed by atoms with Gasteiger partial charge < -0.3 is 10.8 Å². The highest BCUT2D eigenvalue weighted by Crippen LogP contribution is 2.22. The van der Waals surface area contributed by atoms with Crippen molar-refractivity contribution in [3.8, 4) is 5.75 Å². The molecule has 0 fully saturated rings. The fraction of sp³-hybridized carbons (Fsp3) is 0. The fourth-order valence-corrected chi connectivity index (χ4v) is 1.66. The molecule has 21 heavy (non-hydrogen) atoms. The molecule has 0 amide bonds. The Morgan fingerprint density at radius 3 is 2.76 bits per heavy atom. The number of non-ortho nitro benzene ring substituents is 1. The summed E-state index contributed by atoms with van der Waals surface area (Å²) in [6, 6.07) is 10.3. The Balaban J connectivity index is 2.33. The number of phenolic OH excluding ortho intramolecular Hbond substituents is 1. The number of nitro benzene ring substituents is 1. The second kappa shape index (κ2) is 5.83. The number of amidine groups is 1. The van der Waals surface area contributed by atoms with E-state index in [9.17, 15) is 15.2 Å². The Hall–Kier alpha value is -3.22. The van der Waals surface area contributed by atoms with Crippen molar-refractivity contribution < 1.29 is 10.0 Å². The Morgan fingerprint density at radius 1 is 1.33 bits per heavy atom. The third kappa shape index (κ3) is 3.41. The molecule has 0 saturated heterocycles. The van der Waals surface area contributed by atoms with E-state index in [-0.39, 0.29) is 22.8 Å². The van der Waals surface area contributed by atoms with Crippen LogP contribution in [-0.4, -0.2) is 22.1 Å². The summed E-state index contributed by atoms with van der Waals surface area (Å²) in [6.07, 6.45) is 1.32. The molecule has 0 radical (unpaired) electrons. The van der Waals surface area contributed by atoms with Crippen molar-refractivity contribution >= 4 is 23.4 Å². The van der Waals surface area contributed by atoms with E-state index in [1.54, 1.807) is 24.3 Å². The number of rotatable bonds is 4. The number of hydrogen-bond acceptors (Lipinski definition) is 5. The average molecular weight is 284 g/mol. The summed E-state index contributed by atoms with van der Waals surface area (Å²) in [5.41, 5.74) is 6.53. The minimum Gasteiger partial charge on any atom is -0.507 e. The van der Waals surface area contributed by atoms with Crippen LogP contribution < -0.4 is 5.73 Å². The second-order valence-electron chi connectivity index (χ2n) is 4.22. The van der Waals surface area contributed by atoms with Gasteiger partial charge in [-0.2, -0.15) is 0 Å². The number of nitrogens with two attached hydrogens (primary N) is 1. The van der Waals surface area contributed by atoms with Crippen molar-refractivity contribution in [1.29, 1.82) is 5.41 Å². The van der Waals surface area contributed by atoms with Crippen molar-refractivity contribution in [3.63, 3.8) is 0 Å². The van der Waals surface area contributed by atoms with Crippen LogP contribution in [0.5, 0.6) is 5.75 Å². The number of aromatic hydroxyl groups is 1. The van der Waals surface area contributed by atoms with E-state index in [4.69, 9.17) is 11.1 Å². The van der Waals surface area contributed by atoms with E-state index in [0.29, 0.717) is 11.3 Å². The molecule has 0 bridgehead atoms. The van der Waals surface area contributed by atoms with Crippen molar-refractivity contribution in [1.82, 2.24) is 0 Å². The summed E-state index contributed by atoms with van der Waals surface area (Å²) >= 11 is 0. The van der Waals surface area contributed by atoms with Gasteiger partial charge in [0.1, 0.15) is 11.6 Å². The van der Waals surface area contributed by atoms with Gasteiger partial charge in [-0.1, -0.05) is 12.1 Å². The Bertz CT molecular complexity index is 741. The van der Waals surface area contributed by atoms with E-state index in [1.165, 1.54) is 24.4 Å². The predicted molar refractivity (Wildman–Crippen MR) is 79.5 cm³/mol. The first-order chi connectivity index (χ1) is 9.97. The molecule has 2 aromatic rings. The van der Waals surface area contributed by atoms with Gasteiger partial charge in [0.2, 0.25) is 0 Å². The average Bonchev–Trinajstić information content (AvgIpc) is 2.46. The zero-order chi connectivity index (χ0) is 15.4. The quantitative estimate of drug-likeness (QED) is 0.344. The van der Waals surface area contributed by atoms with Crippen LogP contribution in [0.15, 0.2) is 47.5 Å². The molecule has 7 heteroatoms. The molecule has 0 spiro atoms. The molecule has 0 aromatic heterocycles. The van der Waals surface area contributed by atoms with Gasteiger partial charge in [0.15, 0.2) is 0 Å². The van der Waals surface area contributed by atoms with Gasteiger partial charge >= 0.3 is 0 Å². The summed E-state index contributed by atoms with van der Waals surface area (Å²) in [5, 5.41) is 27.7. The van der Waals surface area contributed by atoms with Gasteiger partial charge in [0.25, 0.3) is 5.69 Å². The minimum atomic E-state index is -0.548. The standard InChI is InChI=1S/C14H12N4O3/c15-14(16)9-2-1-3-11(6-9)17-8-10-7-12(18(20)21)4-5-13(10)19/h1-8,19H,(H3,15,16). The Kier molecular flexibility index (Phi) is 3.94. The minimum absolute atomic E-state index is 0.0785. The molecule has 7 nitrogen and oxygen atoms in total. The highest BCUT2D eigenvalue weighted by molar-refractivity contribution is 5.96. The summed E-state index contributed by atoms with van der Waals surface area (Å²) in [7, 11) is 0. The lowest BCUT2D eigenvalue weighted by molar-refractivity contribution is -0.384. The summed E-state index contributed by atoms with van der Waals surface area (Å²) in [4.78, 5) is 14.3. The van der Waals surface area contributed by atoms with E-state index >= 15 is 0 Å². The van der Waals surface area contributed by atoms with Gasteiger partial charge in [0.05, 0.1) is 10.6 Å². The highest BCUT2D eigenvalue weighted by Gasteiger charge is 2.08. The van der Waals surface area contributed by atoms with Gasteiger partial charge in [0, 0.05) is 29.5 Å². The van der Waals surface area contributed by atoms with Crippen LogP contribution in [0.2, 0.25) is 0 Å². The number of benzene rings is 2. The third-order valence-corrected chi connectivity index (χ3v) is 2.73. The van der Waals surface area contributed by atoms with Crippen LogP contribution in [-0.2, 0) is 0 Å². The monoisotopic (exact) mass is 284 g/mol. The number of nitrogen functional groups attached to an aromatic ring is 1. The van der Waals surface area contributed by atoms with Gasteiger partial charge in [-0.05, 0) is 18.2 Å². The molecule has 106 valence electrons. The smallest absolute Gasteiger partial charge is 0.270 e. The van der Waals surface area contributed by atoms with Gasteiger partial charge in [-0.15, -0.1) is 0 Å². The van der Waals surface area contributed by atoms with Crippen molar-refractivity contribution in [2.24, 2.45) is 10.7 Å². The lowest BCUT2D eigenvalue weighted by atomic mass is 10.1. The van der Waals surface area contributed by atoms with Crippen LogP contribution in [0.3, 0.4) is 0 Å². The summed E-state index contributed by atoms with van der Waals surface area (Å²) in [6.45, 7) is 0. The van der Waals surface area contributed by atoms with Crippen LogP contribution in [0.4, 0.5) is 11.4 Å². The van der Waals surface area contributed by atoms with E-state index in [2.05, 4.69) is 4.99 Å². The van der Waals surface area contributed by atoms with Crippen LogP contribution in [0, 0.1) is 15.5 Å². The lowest BCUT2D eigenvalue weighted by Gasteiger charge is -2.01. The fourth-order valence-electron chi connectivity index (χ4n) is 1.66. The first-order valence-electron chi connectivity index (χ1n) is 5.93. The maximum atomic E-state index is 10.7. The van der Waals surface area contributed by atoms with Crippen molar-refractivity contribution in [2.45, 2.75) is 0 Å². The maximum Gasteiger partial charge on any atom is 0.270 e. The maximum absolute atomic E-state index is 10.7. The Labute approximate surface area is 120 Å².